The summed E-state index contributed by atoms with van der Waals surface area (Å²) in [5, 5.41) is 4.45. The first-order chi connectivity index (χ1) is 14.0. The number of hydrogen-bond acceptors (Lipinski definition) is 5. The molecule has 146 valence electrons. The molecule has 0 aliphatic carbocycles. The summed E-state index contributed by atoms with van der Waals surface area (Å²) >= 11 is 2.34. The largest absolute Gasteiger partial charge is 0.323 e. The third-order valence-corrected chi connectivity index (χ3v) is 5.83. The highest BCUT2D eigenvalue weighted by Gasteiger charge is 2.16. The normalized spacial score (nSPS) is 11.0. The van der Waals surface area contributed by atoms with Crippen molar-refractivity contribution in [3.05, 3.63) is 82.0 Å². The van der Waals surface area contributed by atoms with E-state index >= 15 is 0 Å². The van der Waals surface area contributed by atoms with Crippen molar-refractivity contribution in [2.45, 2.75) is 5.16 Å². The second-order valence-electron chi connectivity index (χ2n) is 5.97. The summed E-state index contributed by atoms with van der Waals surface area (Å²) in [7, 11) is 0. The highest BCUT2D eigenvalue weighted by Crippen LogP contribution is 2.24. The molecule has 4 aromatic rings. The Kier molecular flexibility index (Phi) is 5.41. The molecule has 2 aromatic heterocycles. The van der Waals surface area contributed by atoms with E-state index in [4.69, 9.17) is 0 Å². The van der Waals surface area contributed by atoms with Crippen molar-refractivity contribution in [1.82, 2.24) is 9.55 Å². The number of nitrogens with one attached hydrogen (secondary N) is 1. The summed E-state index contributed by atoms with van der Waals surface area (Å²) in [6, 6.07) is 13.5. The van der Waals surface area contributed by atoms with Gasteiger partial charge in [0, 0.05) is 6.07 Å². The Morgan fingerprint density at radius 2 is 1.93 bits per heavy atom. The molecule has 1 N–H and O–H groups in total. The van der Waals surface area contributed by atoms with Gasteiger partial charge >= 0.3 is 0 Å². The standard InChI is InChI=1S/C20H13F2N3O2S2/c21-12-6-7-14(22)16(10-12)23-17(26)11-29-20-24-15-8-9-28-18(15)19(27)25(20)13-4-2-1-3-5-13/h1-10H,11H2,(H,23,26). The first kappa shape index (κ1) is 19.3. The molecule has 0 fully saturated rings. The maximum atomic E-state index is 13.7. The SMILES string of the molecule is O=C(CSc1nc2ccsc2c(=O)n1-c1ccccc1)Nc1cc(F)ccc1F. The van der Waals surface area contributed by atoms with Crippen LogP contribution in [0, 0.1) is 11.6 Å². The van der Waals surface area contributed by atoms with Crippen molar-refractivity contribution in [2.75, 3.05) is 11.1 Å². The van der Waals surface area contributed by atoms with Crippen molar-refractivity contribution < 1.29 is 13.6 Å². The second kappa shape index (κ2) is 8.14. The topological polar surface area (TPSA) is 64.0 Å². The van der Waals surface area contributed by atoms with E-state index in [0.717, 1.165) is 30.0 Å². The number of amides is 1. The van der Waals surface area contributed by atoms with Gasteiger partial charge in [-0.05, 0) is 35.7 Å². The lowest BCUT2D eigenvalue weighted by molar-refractivity contribution is -0.113. The Labute approximate surface area is 172 Å². The van der Waals surface area contributed by atoms with Gasteiger partial charge in [-0.15, -0.1) is 11.3 Å². The lowest BCUT2D eigenvalue weighted by Gasteiger charge is -2.12. The first-order valence-corrected chi connectivity index (χ1v) is 10.3. The molecular formula is C20H13F2N3O2S2. The van der Waals surface area contributed by atoms with E-state index in [9.17, 15) is 18.4 Å². The molecule has 0 unspecified atom stereocenters. The second-order valence-corrected chi connectivity index (χ2v) is 7.83. The number of nitrogens with zero attached hydrogens (tertiary/aromatic N) is 2. The fraction of sp³-hybridized carbons (Fsp3) is 0.0500. The number of hydrogen-bond donors (Lipinski definition) is 1. The van der Waals surface area contributed by atoms with E-state index in [0.29, 0.717) is 21.1 Å². The molecule has 0 spiro atoms. The number of halogens is 2. The molecule has 0 aliphatic heterocycles. The van der Waals surface area contributed by atoms with Crippen LogP contribution < -0.4 is 10.9 Å². The van der Waals surface area contributed by atoms with Crippen molar-refractivity contribution in [1.29, 1.82) is 0 Å². The van der Waals surface area contributed by atoms with Gasteiger partial charge in [0.15, 0.2) is 5.16 Å². The predicted octanol–water partition coefficient (Wildman–Crippen LogP) is 4.46. The van der Waals surface area contributed by atoms with E-state index in [1.165, 1.54) is 15.9 Å². The number of benzene rings is 2. The predicted molar refractivity (Wildman–Crippen MR) is 111 cm³/mol. The first-order valence-electron chi connectivity index (χ1n) is 8.46. The van der Waals surface area contributed by atoms with Gasteiger partial charge in [0.2, 0.25) is 5.91 Å². The average Bonchev–Trinajstić information content (AvgIpc) is 3.19. The molecule has 5 nitrogen and oxygen atoms in total. The van der Waals surface area contributed by atoms with E-state index in [1.807, 2.05) is 6.07 Å². The zero-order valence-electron chi connectivity index (χ0n) is 14.8. The summed E-state index contributed by atoms with van der Waals surface area (Å²) in [6.45, 7) is 0. The molecule has 0 atom stereocenters. The van der Waals surface area contributed by atoms with Crippen LogP contribution >= 0.6 is 23.1 Å². The number of anilines is 1. The number of carbonyl (C=O) groups is 1. The van der Waals surface area contributed by atoms with Gasteiger partial charge in [-0.3, -0.25) is 14.2 Å². The molecule has 9 heteroatoms. The Morgan fingerprint density at radius 1 is 1.14 bits per heavy atom. The fourth-order valence-corrected chi connectivity index (χ4v) is 4.28. The Balaban J connectivity index is 1.63. The van der Waals surface area contributed by atoms with Crippen LogP contribution in [0.4, 0.5) is 14.5 Å². The van der Waals surface area contributed by atoms with Crippen molar-refractivity contribution >= 4 is 44.9 Å². The monoisotopic (exact) mass is 429 g/mol. The minimum atomic E-state index is -0.733. The average molecular weight is 429 g/mol. The fourth-order valence-electron chi connectivity index (χ4n) is 2.70. The van der Waals surface area contributed by atoms with Crippen LogP contribution in [0.1, 0.15) is 0 Å². The summed E-state index contributed by atoms with van der Waals surface area (Å²) in [6.07, 6.45) is 0. The Morgan fingerprint density at radius 3 is 2.72 bits per heavy atom. The summed E-state index contributed by atoms with van der Waals surface area (Å²) in [4.78, 5) is 29.7. The Hall–Kier alpha value is -3.04. The van der Waals surface area contributed by atoms with Crippen LogP contribution in [-0.2, 0) is 4.79 Å². The van der Waals surface area contributed by atoms with Crippen molar-refractivity contribution in [2.24, 2.45) is 0 Å². The molecule has 0 saturated heterocycles. The van der Waals surface area contributed by atoms with Gasteiger partial charge in [-0.25, -0.2) is 13.8 Å². The molecule has 0 aliphatic rings. The van der Waals surface area contributed by atoms with E-state index < -0.39 is 17.5 Å². The molecule has 4 rings (SSSR count). The van der Waals surface area contributed by atoms with Crippen LogP contribution in [0.2, 0.25) is 0 Å². The molecule has 0 bridgehead atoms. The summed E-state index contributed by atoms with van der Waals surface area (Å²) in [5.41, 5.74) is 0.707. The highest BCUT2D eigenvalue weighted by molar-refractivity contribution is 7.99. The van der Waals surface area contributed by atoms with Gasteiger partial charge in [-0.2, -0.15) is 0 Å². The minimum absolute atomic E-state index is 0.134. The van der Waals surface area contributed by atoms with E-state index in [-0.39, 0.29) is 17.0 Å². The third-order valence-electron chi connectivity index (χ3n) is 4.00. The zero-order valence-corrected chi connectivity index (χ0v) is 16.4. The molecule has 2 heterocycles. The summed E-state index contributed by atoms with van der Waals surface area (Å²) in [5.74, 6) is -2.07. The molecule has 2 aromatic carbocycles. The number of para-hydroxylation sites is 1. The number of thiophene rings is 1. The number of carbonyl (C=O) groups excluding carboxylic acids is 1. The number of aromatic nitrogens is 2. The molecule has 29 heavy (non-hydrogen) atoms. The van der Waals surface area contributed by atoms with Crippen molar-refractivity contribution in [3.8, 4) is 5.69 Å². The van der Waals surface area contributed by atoms with Crippen LogP contribution in [0.25, 0.3) is 15.9 Å². The van der Waals surface area contributed by atoms with E-state index in [1.54, 1.807) is 35.7 Å². The third kappa shape index (κ3) is 4.06. The molecular weight excluding hydrogens is 416 g/mol. The van der Waals surface area contributed by atoms with Gasteiger partial charge in [0.1, 0.15) is 16.3 Å². The quantitative estimate of drug-likeness (QED) is 0.376. The molecule has 0 radical (unpaired) electrons. The Bertz CT molecular complexity index is 1260. The van der Waals surface area contributed by atoms with Gasteiger partial charge in [0.05, 0.1) is 22.6 Å². The number of rotatable bonds is 5. The number of thioether (sulfide) groups is 1. The maximum Gasteiger partial charge on any atom is 0.276 e. The van der Waals surface area contributed by atoms with Gasteiger partial charge in [-0.1, -0.05) is 30.0 Å². The zero-order chi connectivity index (χ0) is 20.4. The van der Waals surface area contributed by atoms with Crippen LogP contribution in [0.3, 0.4) is 0 Å². The van der Waals surface area contributed by atoms with E-state index in [2.05, 4.69) is 10.3 Å². The van der Waals surface area contributed by atoms with Crippen molar-refractivity contribution in [3.63, 3.8) is 0 Å². The number of fused-ring (bicyclic) bond motifs is 1. The lowest BCUT2D eigenvalue weighted by Crippen LogP contribution is -2.22. The lowest BCUT2D eigenvalue weighted by atomic mass is 10.3. The highest BCUT2D eigenvalue weighted by atomic mass is 32.2. The van der Waals surface area contributed by atoms with Crippen LogP contribution in [0.15, 0.2) is 69.9 Å². The molecule has 0 saturated carbocycles. The van der Waals surface area contributed by atoms with Gasteiger partial charge < -0.3 is 5.32 Å². The maximum absolute atomic E-state index is 13.7. The van der Waals surface area contributed by atoms with Crippen LogP contribution in [0.5, 0.6) is 0 Å². The summed E-state index contributed by atoms with van der Waals surface area (Å²) < 4.78 is 29.0. The smallest absolute Gasteiger partial charge is 0.276 e. The minimum Gasteiger partial charge on any atom is -0.323 e. The van der Waals surface area contributed by atoms with Crippen LogP contribution in [-0.4, -0.2) is 21.2 Å². The molecule has 1 amide bonds. The van der Waals surface area contributed by atoms with Gasteiger partial charge in [0.25, 0.3) is 5.56 Å².